The van der Waals surface area contributed by atoms with Crippen LogP contribution in [0.3, 0.4) is 0 Å². The van der Waals surface area contributed by atoms with Gasteiger partial charge in [0.25, 0.3) is 0 Å². The zero-order valence-corrected chi connectivity index (χ0v) is 16.2. The maximum absolute atomic E-state index is 4.97. The van der Waals surface area contributed by atoms with Gasteiger partial charge in [-0.05, 0) is 54.8 Å². The summed E-state index contributed by atoms with van der Waals surface area (Å²) in [6.07, 6.45) is 6.30. The van der Waals surface area contributed by atoms with Crippen molar-refractivity contribution in [2.75, 3.05) is 5.75 Å². The summed E-state index contributed by atoms with van der Waals surface area (Å²) in [5.41, 5.74) is 1.98. The number of rotatable bonds is 3. The molecule has 4 heteroatoms. The van der Waals surface area contributed by atoms with Gasteiger partial charge >= 0.3 is 0 Å². The van der Waals surface area contributed by atoms with Gasteiger partial charge in [-0.3, -0.25) is 0 Å². The van der Waals surface area contributed by atoms with Gasteiger partial charge in [-0.25, -0.2) is 9.97 Å². The van der Waals surface area contributed by atoms with Crippen LogP contribution in [-0.2, 0) is 12.8 Å². The van der Waals surface area contributed by atoms with Crippen LogP contribution in [-0.4, -0.2) is 15.7 Å². The van der Waals surface area contributed by atoms with Crippen LogP contribution in [0.4, 0.5) is 0 Å². The summed E-state index contributed by atoms with van der Waals surface area (Å²) < 4.78 is 0. The molecule has 1 saturated carbocycles. The molecule has 1 atom stereocenters. The maximum atomic E-state index is 4.97. The number of nitrogens with zero attached hydrogens (tertiary/aromatic N) is 2. The zero-order chi connectivity index (χ0) is 16.2. The third-order valence-electron chi connectivity index (χ3n) is 5.34. The smallest absolute Gasteiger partial charge is 0.134 e. The second-order valence-corrected chi connectivity index (χ2v) is 10.4. The molecular formula is C19H26N2S2. The Hall–Kier alpha value is -0.610. The lowest BCUT2D eigenvalue weighted by Crippen LogP contribution is -2.26. The Kier molecular flexibility index (Phi) is 3.96. The van der Waals surface area contributed by atoms with E-state index in [0.717, 1.165) is 17.5 Å². The standard InChI is InChI=1S/C19H26N2S2/c1-5-22-17-15-13-9-8-12(19(2,3)4)10-14(13)23-18(15)21-16(20-17)11-6-7-11/h11-12H,5-10H2,1-4H3/t12-/m1/s1. The van der Waals surface area contributed by atoms with Crippen LogP contribution in [0.5, 0.6) is 0 Å². The molecule has 124 valence electrons. The zero-order valence-electron chi connectivity index (χ0n) is 14.6. The number of hydrogen-bond donors (Lipinski definition) is 0. The molecule has 23 heavy (non-hydrogen) atoms. The van der Waals surface area contributed by atoms with Crippen molar-refractivity contribution in [2.45, 2.75) is 70.7 Å². The van der Waals surface area contributed by atoms with Crippen LogP contribution in [0.2, 0.25) is 0 Å². The van der Waals surface area contributed by atoms with Gasteiger partial charge in [-0.1, -0.05) is 27.7 Å². The predicted octanol–water partition coefficient (Wildman–Crippen LogP) is 5.83. The second kappa shape index (κ2) is 5.73. The van der Waals surface area contributed by atoms with Crippen molar-refractivity contribution in [2.24, 2.45) is 11.3 Å². The molecular weight excluding hydrogens is 320 g/mol. The van der Waals surface area contributed by atoms with Gasteiger partial charge in [0, 0.05) is 16.2 Å². The molecule has 2 aromatic rings. The maximum Gasteiger partial charge on any atom is 0.134 e. The molecule has 2 aromatic heterocycles. The molecule has 2 heterocycles. The summed E-state index contributed by atoms with van der Waals surface area (Å²) in [7, 11) is 0. The fourth-order valence-corrected chi connectivity index (χ4v) is 5.83. The minimum atomic E-state index is 0.402. The van der Waals surface area contributed by atoms with Crippen molar-refractivity contribution < 1.29 is 0 Å². The number of fused-ring (bicyclic) bond motifs is 3. The van der Waals surface area contributed by atoms with Crippen LogP contribution >= 0.6 is 23.1 Å². The first-order chi connectivity index (χ1) is 11.0. The fourth-order valence-electron chi connectivity index (χ4n) is 3.66. The Bertz CT molecular complexity index is 738. The number of hydrogen-bond acceptors (Lipinski definition) is 4. The monoisotopic (exact) mass is 346 g/mol. The van der Waals surface area contributed by atoms with Crippen molar-refractivity contribution in [1.82, 2.24) is 9.97 Å². The predicted molar refractivity (Wildman–Crippen MR) is 101 cm³/mol. The van der Waals surface area contributed by atoms with E-state index in [-0.39, 0.29) is 0 Å². The Morgan fingerprint density at radius 1 is 1.17 bits per heavy atom. The van der Waals surface area contributed by atoms with Gasteiger partial charge < -0.3 is 0 Å². The van der Waals surface area contributed by atoms with Crippen molar-refractivity contribution in [1.29, 1.82) is 0 Å². The van der Waals surface area contributed by atoms with E-state index in [2.05, 4.69) is 27.7 Å². The summed E-state index contributed by atoms with van der Waals surface area (Å²) in [5, 5.41) is 2.65. The Morgan fingerprint density at radius 3 is 2.61 bits per heavy atom. The highest BCUT2D eigenvalue weighted by molar-refractivity contribution is 7.99. The normalized spacial score (nSPS) is 21.7. The Balaban J connectivity index is 1.80. The van der Waals surface area contributed by atoms with E-state index in [1.165, 1.54) is 47.3 Å². The van der Waals surface area contributed by atoms with E-state index < -0.39 is 0 Å². The topological polar surface area (TPSA) is 25.8 Å². The van der Waals surface area contributed by atoms with Crippen LogP contribution in [0, 0.1) is 11.3 Å². The Morgan fingerprint density at radius 2 is 1.96 bits per heavy atom. The molecule has 4 rings (SSSR count). The lowest BCUT2D eigenvalue weighted by molar-refractivity contribution is 0.218. The van der Waals surface area contributed by atoms with E-state index in [4.69, 9.17) is 9.97 Å². The number of thiophene rings is 1. The van der Waals surface area contributed by atoms with Gasteiger partial charge in [0.2, 0.25) is 0 Å². The van der Waals surface area contributed by atoms with E-state index in [9.17, 15) is 0 Å². The molecule has 2 aliphatic carbocycles. The van der Waals surface area contributed by atoms with E-state index in [1.54, 1.807) is 10.4 Å². The van der Waals surface area contributed by atoms with Crippen molar-refractivity contribution in [3.8, 4) is 0 Å². The third kappa shape index (κ3) is 2.93. The summed E-state index contributed by atoms with van der Waals surface area (Å²) in [5.74, 6) is 3.63. The van der Waals surface area contributed by atoms with Gasteiger partial charge in [-0.2, -0.15) is 0 Å². The molecule has 2 nitrogen and oxygen atoms in total. The number of thioether (sulfide) groups is 1. The molecule has 0 unspecified atom stereocenters. The van der Waals surface area contributed by atoms with Gasteiger partial charge in [0.1, 0.15) is 15.7 Å². The van der Waals surface area contributed by atoms with Gasteiger partial charge in [-0.15, -0.1) is 23.1 Å². The number of aromatic nitrogens is 2. The minimum absolute atomic E-state index is 0.402. The largest absolute Gasteiger partial charge is 0.226 e. The Labute approximate surface area is 147 Å². The van der Waals surface area contributed by atoms with E-state index in [0.29, 0.717) is 11.3 Å². The average Bonchev–Trinajstić information content (AvgIpc) is 3.26. The summed E-state index contributed by atoms with van der Waals surface area (Å²) in [4.78, 5) is 12.8. The van der Waals surface area contributed by atoms with Gasteiger partial charge in [0.05, 0.1) is 0 Å². The highest BCUT2D eigenvalue weighted by Gasteiger charge is 2.33. The summed E-state index contributed by atoms with van der Waals surface area (Å²) in [6.45, 7) is 9.39. The third-order valence-corrected chi connectivity index (χ3v) is 7.35. The lowest BCUT2D eigenvalue weighted by Gasteiger charge is -2.33. The molecule has 1 fully saturated rings. The van der Waals surface area contributed by atoms with Crippen LogP contribution in [0.25, 0.3) is 10.2 Å². The SMILES string of the molecule is CCSc1nc(C2CC2)nc2sc3c(c12)CC[C@@H](C(C)(C)C)C3. The fraction of sp³-hybridized carbons (Fsp3) is 0.684. The quantitative estimate of drug-likeness (QED) is 0.516. The first kappa shape index (κ1) is 15.9. The van der Waals surface area contributed by atoms with Crippen molar-refractivity contribution in [3.05, 3.63) is 16.3 Å². The van der Waals surface area contributed by atoms with Gasteiger partial charge in [0.15, 0.2) is 0 Å². The minimum Gasteiger partial charge on any atom is -0.226 e. The molecule has 2 aliphatic rings. The molecule has 0 aliphatic heterocycles. The lowest BCUT2D eigenvalue weighted by atomic mass is 9.72. The second-order valence-electron chi connectivity index (χ2n) is 8.08. The van der Waals surface area contributed by atoms with Crippen molar-refractivity contribution in [3.63, 3.8) is 0 Å². The first-order valence-electron chi connectivity index (χ1n) is 8.92. The summed E-state index contributed by atoms with van der Waals surface area (Å²) in [6, 6.07) is 0. The highest BCUT2D eigenvalue weighted by atomic mass is 32.2. The molecule has 0 saturated heterocycles. The van der Waals surface area contributed by atoms with Crippen molar-refractivity contribution >= 4 is 33.3 Å². The number of aryl methyl sites for hydroxylation is 1. The van der Waals surface area contributed by atoms with E-state index in [1.807, 2.05) is 23.1 Å². The molecule has 0 radical (unpaired) electrons. The first-order valence-corrected chi connectivity index (χ1v) is 10.7. The average molecular weight is 347 g/mol. The highest BCUT2D eigenvalue weighted by Crippen LogP contribution is 2.46. The molecule has 0 amide bonds. The van der Waals surface area contributed by atoms with Crippen LogP contribution in [0.15, 0.2) is 5.03 Å². The van der Waals surface area contributed by atoms with Crippen LogP contribution in [0.1, 0.15) is 69.1 Å². The summed E-state index contributed by atoms with van der Waals surface area (Å²) >= 11 is 3.86. The molecule has 0 bridgehead atoms. The molecule has 0 spiro atoms. The van der Waals surface area contributed by atoms with Crippen LogP contribution < -0.4 is 0 Å². The molecule has 0 N–H and O–H groups in total. The van der Waals surface area contributed by atoms with E-state index >= 15 is 0 Å². The molecule has 0 aromatic carbocycles.